The van der Waals surface area contributed by atoms with Crippen molar-refractivity contribution >= 4 is 22.6 Å². The first-order valence-electron chi connectivity index (χ1n) is 6.96. The minimum Gasteiger partial charge on any atom is -0.478 e. The van der Waals surface area contributed by atoms with Crippen LogP contribution in [-0.4, -0.2) is 59.2 Å². The Bertz CT molecular complexity index is 666. The first-order chi connectivity index (χ1) is 10.1. The average molecular weight is 286 g/mol. The van der Waals surface area contributed by atoms with Gasteiger partial charge in [-0.1, -0.05) is 18.2 Å². The quantitative estimate of drug-likeness (QED) is 0.891. The van der Waals surface area contributed by atoms with Crippen molar-refractivity contribution in [1.29, 1.82) is 0 Å². The number of aromatic nitrogens is 1. The second-order valence-electron chi connectivity index (χ2n) is 5.27. The monoisotopic (exact) mass is 286 g/mol. The number of aromatic carboxylic acids is 1. The summed E-state index contributed by atoms with van der Waals surface area (Å²) in [5.74, 6) is -0.968. The summed E-state index contributed by atoms with van der Waals surface area (Å²) < 4.78 is 0. The van der Waals surface area contributed by atoms with Gasteiger partial charge in [0.15, 0.2) is 0 Å². The molecule has 1 fully saturated rings. The molecule has 1 aliphatic heterocycles. The van der Waals surface area contributed by atoms with E-state index in [-0.39, 0.29) is 5.56 Å². The van der Waals surface area contributed by atoms with Gasteiger partial charge in [-0.3, -0.25) is 4.98 Å². The van der Waals surface area contributed by atoms with Crippen LogP contribution in [0.25, 0.3) is 10.9 Å². The second kappa shape index (κ2) is 5.67. The lowest BCUT2D eigenvalue weighted by molar-refractivity contribution is 0.0697. The fourth-order valence-electron chi connectivity index (χ4n) is 2.50. The molecule has 0 unspecified atom stereocenters. The highest BCUT2D eigenvalue weighted by molar-refractivity contribution is 6.03. The predicted molar refractivity (Wildman–Crippen MR) is 81.4 cm³/mol. The number of nitrogens with zero attached hydrogens (tertiary/aromatic N) is 3. The van der Waals surface area contributed by atoms with Crippen LogP contribution in [0.3, 0.4) is 0 Å². The molecule has 1 aliphatic rings. The van der Waals surface area contributed by atoms with Crippen LogP contribution >= 0.6 is 0 Å². The third kappa shape index (κ3) is 2.81. The molecule has 1 saturated heterocycles. The zero-order valence-electron chi connectivity index (χ0n) is 11.9. The summed E-state index contributed by atoms with van der Waals surface area (Å²) in [5, 5.41) is 12.3. The summed E-state index contributed by atoms with van der Waals surface area (Å²) in [6.45, 7) is 3.62. The summed E-state index contributed by atoms with van der Waals surface area (Å²) in [4.78, 5) is 17.9. The smallest absolute Gasteiger partial charge is 0.339 e. The maximum atomic E-state index is 11.5. The molecule has 0 saturated carbocycles. The Labute approximate surface area is 123 Å². The molecule has 110 valence electrons. The number of hydrogen-bond acceptors (Lipinski definition) is 5. The number of likely N-dealkylation sites (N-methyl/N-ethyl adjacent to an activating group) is 1. The van der Waals surface area contributed by atoms with Gasteiger partial charge in [0, 0.05) is 37.8 Å². The van der Waals surface area contributed by atoms with E-state index >= 15 is 0 Å². The number of hydrazine groups is 1. The lowest BCUT2D eigenvalue weighted by Crippen LogP contribution is -2.47. The fourth-order valence-corrected chi connectivity index (χ4v) is 2.50. The Morgan fingerprint density at radius 3 is 2.67 bits per heavy atom. The number of nitrogens with one attached hydrogen (secondary N) is 1. The van der Waals surface area contributed by atoms with Crippen LogP contribution in [-0.2, 0) is 0 Å². The van der Waals surface area contributed by atoms with Gasteiger partial charge in [0.2, 0.25) is 0 Å². The molecule has 6 heteroatoms. The summed E-state index contributed by atoms with van der Waals surface area (Å²) in [6, 6.07) is 7.57. The van der Waals surface area contributed by atoms with Gasteiger partial charge < -0.3 is 15.4 Å². The first-order valence-corrected chi connectivity index (χ1v) is 6.96. The molecule has 0 bridgehead atoms. The van der Waals surface area contributed by atoms with Crippen molar-refractivity contribution in [3.05, 3.63) is 36.0 Å². The lowest BCUT2D eigenvalue weighted by Gasteiger charge is -2.33. The highest BCUT2D eigenvalue weighted by Crippen LogP contribution is 2.26. The number of carbonyl (C=O) groups is 1. The topological polar surface area (TPSA) is 68.7 Å². The summed E-state index contributed by atoms with van der Waals surface area (Å²) >= 11 is 0. The van der Waals surface area contributed by atoms with Gasteiger partial charge in [-0.2, -0.15) is 0 Å². The maximum absolute atomic E-state index is 11.5. The molecule has 0 amide bonds. The standard InChI is InChI=1S/C15H18N4O2/c1-18-6-8-19(9-7-18)17-14-11-4-2-3-5-13(11)16-10-12(14)15(20)21/h2-5,10H,6-9H2,1H3,(H,16,17)(H,20,21). The van der Waals surface area contributed by atoms with E-state index in [2.05, 4.69) is 27.4 Å². The van der Waals surface area contributed by atoms with E-state index in [0.717, 1.165) is 37.1 Å². The van der Waals surface area contributed by atoms with Crippen LogP contribution in [0, 0.1) is 0 Å². The van der Waals surface area contributed by atoms with Gasteiger partial charge in [-0.05, 0) is 13.1 Å². The number of anilines is 1. The Balaban J connectivity index is 1.98. The van der Waals surface area contributed by atoms with Crippen molar-refractivity contribution in [1.82, 2.24) is 14.9 Å². The van der Waals surface area contributed by atoms with Crippen molar-refractivity contribution in [2.45, 2.75) is 0 Å². The normalized spacial score (nSPS) is 17.0. The number of para-hydroxylation sites is 1. The molecule has 0 atom stereocenters. The SMILES string of the molecule is CN1CCN(Nc2c(C(=O)O)cnc3ccccc23)CC1. The van der Waals surface area contributed by atoms with E-state index in [1.165, 1.54) is 6.20 Å². The maximum Gasteiger partial charge on any atom is 0.339 e. The molecule has 0 aliphatic carbocycles. The third-order valence-corrected chi connectivity index (χ3v) is 3.78. The molecule has 2 aromatic rings. The highest BCUT2D eigenvalue weighted by atomic mass is 16.4. The molecular formula is C15H18N4O2. The van der Waals surface area contributed by atoms with Crippen LogP contribution in [0.5, 0.6) is 0 Å². The minimum absolute atomic E-state index is 0.202. The number of benzene rings is 1. The Hall–Kier alpha value is -2.18. The largest absolute Gasteiger partial charge is 0.478 e. The van der Waals surface area contributed by atoms with E-state index in [4.69, 9.17) is 0 Å². The number of carboxylic acid groups (broad SMARTS) is 1. The van der Waals surface area contributed by atoms with Crippen molar-refractivity contribution < 1.29 is 9.90 Å². The van der Waals surface area contributed by atoms with Crippen molar-refractivity contribution in [3.63, 3.8) is 0 Å². The molecule has 0 radical (unpaired) electrons. The average Bonchev–Trinajstić information content (AvgIpc) is 2.49. The van der Waals surface area contributed by atoms with Crippen LogP contribution in [0.4, 0.5) is 5.69 Å². The van der Waals surface area contributed by atoms with E-state index in [9.17, 15) is 9.90 Å². The van der Waals surface area contributed by atoms with Gasteiger partial charge in [0.25, 0.3) is 0 Å². The van der Waals surface area contributed by atoms with Gasteiger partial charge >= 0.3 is 5.97 Å². The molecule has 2 heterocycles. The minimum atomic E-state index is -0.968. The fraction of sp³-hybridized carbons (Fsp3) is 0.333. The van der Waals surface area contributed by atoms with E-state index in [1.54, 1.807) is 0 Å². The third-order valence-electron chi connectivity index (χ3n) is 3.78. The molecular weight excluding hydrogens is 268 g/mol. The molecule has 0 spiro atoms. The Morgan fingerprint density at radius 1 is 1.24 bits per heavy atom. The number of pyridine rings is 1. The van der Waals surface area contributed by atoms with E-state index in [1.807, 2.05) is 24.3 Å². The van der Waals surface area contributed by atoms with Crippen LogP contribution < -0.4 is 5.43 Å². The molecule has 3 rings (SSSR count). The van der Waals surface area contributed by atoms with Crippen molar-refractivity contribution in [3.8, 4) is 0 Å². The number of hydrogen-bond donors (Lipinski definition) is 2. The molecule has 1 aromatic carbocycles. The van der Waals surface area contributed by atoms with Crippen molar-refractivity contribution in [2.24, 2.45) is 0 Å². The molecule has 6 nitrogen and oxygen atoms in total. The van der Waals surface area contributed by atoms with Crippen molar-refractivity contribution in [2.75, 3.05) is 38.7 Å². The summed E-state index contributed by atoms with van der Waals surface area (Å²) in [6.07, 6.45) is 1.42. The number of rotatable bonds is 3. The summed E-state index contributed by atoms with van der Waals surface area (Å²) in [5.41, 5.74) is 4.90. The summed E-state index contributed by atoms with van der Waals surface area (Å²) in [7, 11) is 2.09. The highest BCUT2D eigenvalue weighted by Gasteiger charge is 2.19. The lowest BCUT2D eigenvalue weighted by atomic mass is 10.1. The Morgan fingerprint density at radius 2 is 1.95 bits per heavy atom. The van der Waals surface area contributed by atoms with Gasteiger partial charge in [-0.25, -0.2) is 9.80 Å². The van der Waals surface area contributed by atoms with Gasteiger partial charge in [0.1, 0.15) is 5.56 Å². The van der Waals surface area contributed by atoms with E-state index < -0.39 is 5.97 Å². The predicted octanol–water partition coefficient (Wildman–Crippen LogP) is 1.51. The van der Waals surface area contributed by atoms with Gasteiger partial charge in [-0.15, -0.1) is 0 Å². The molecule has 21 heavy (non-hydrogen) atoms. The van der Waals surface area contributed by atoms with Crippen LogP contribution in [0.2, 0.25) is 0 Å². The molecule has 1 aromatic heterocycles. The zero-order chi connectivity index (χ0) is 14.8. The second-order valence-corrected chi connectivity index (χ2v) is 5.27. The van der Waals surface area contributed by atoms with Gasteiger partial charge in [0.05, 0.1) is 11.2 Å². The molecule has 2 N–H and O–H groups in total. The Kier molecular flexibility index (Phi) is 3.72. The number of fused-ring (bicyclic) bond motifs is 1. The van der Waals surface area contributed by atoms with Crippen LogP contribution in [0.15, 0.2) is 30.5 Å². The first kappa shape index (κ1) is 13.8. The number of piperazine rings is 1. The number of carboxylic acids is 1. The van der Waals surface area contributed by atoms with E-state index in [0.29, 0.717) is 5.69 Å². The van der Waals surface area contributed by atoms with Crippen LogP contribution in [0.1, 0.15) is 10.4 Å². The zero-order valence-corrected chi connectivity index (χ0v) is 11.9.